The molecule has 1 aromatic heterocycles. The minimum atomic E-state index is -0.506. The molecule has 0 spiro atoms. The van der Waals surface area contributed by atoms with Gasteiger partial charge in [-0.1, -0.05) is 6.08 Å². The van der Waals surface area contributed by atoms with E-state index in [9.17, 15) is 5.11 Å². The Bertz CT molecular complexity index is 412. The van der Waals surface area contributed by atoms with Crippen molar-refractivity contribution < 1.29 is 9.84 Å². The molecule has 1 N–H and O–H groups in total. The van der Waals surface area contributed by atoms with Crippen molar-refractivity contribution in [3.63, 3.8) is 0 Å². The lowest BCUT2D eigenvalue weighted by atomic mass is 10.1. The second-order valence-electron chi connectivity index (χ2n) is 4.61. The number of anilines is 1. The third kappa shape index (κ3) is 3.09. The summed E-state index contributed by atoms with van der Waals surface area (Å²) < 4.78 is 5.14. The summed E-state index contributed by atoms with van der Waals surface area (Å²) in [5.41, 5.74) is 3.18. The fourth-order valence-electron chi connectivity index (χ4n) is 2.09. The molecule has 0 bridgehead atoms. The molecule has 1 aliphatic rings. The molecule has 0 amide bonds. The monoisotopic (exact) mass is 248 g/mol. The number of hydrogen-bond acceptors (Lipinski definition) is 4. The molecule has 2 rings (SSSR count). The van der Waals surface area contributed by atoms with Crippen molar-refractivity contribution in [1.29, 1.82) is 0 Å². The Morgan fingerprint density at radius 1 is 1.50 bits per heavy atom. The van der Waals surface area contributed by atoms with E-state index >= 15 is 0 Å². The number of aromatic nitrogens is 1. The van der Waals surface area contributed by atoms with E-state index in [4.69, 9.17) is 4.74 Å². The predicted octanol–water partition coefficient (Wildman–Crippen LogP) is 1.92. The van der Waals surface area contributed by atoms with Gasteiger partial charge in [-0.15, -0.1) is 0 Å². The predicted molar refractivity (Wildman–Crippen MR) is 71.7 cm³/mol. The Balaban J connectivity index is 2.01. The molecule has 18 heavy (non-hydrogen) atoms. The van der Waals surface area contributed by atoms with Crippen LogP contribution in [0, 0.1) is 0 Å². The van der Waals surface area contributed by atoms with Crippen LogP contribution in [0.4, 0.5) is 5.69 Å². The minimum absolute atomic E-state index is 0.506. The summed E-state index contributed by atoms with van der Waals surface area (Å²) >= 11 is 0. The Labute approximate surface area is 108 Å². The first-order chi connectivity index (χ1) is 8.70. The minimum Gasteiger partial charge on any atom is -0.387 e. The Morgan fingerprint density at radius 3 is 2.83 bits per heavy atom. The van der Waals surface area contributed by atoms with Crippen LogP contribution in [0.1, 0.15) is 25.1 Å². The average Bonchev–Trinajstić information content (AvgIpc) is 2.40. The number of rotatable bonds is 4. The zero-order valence-corrected chi connectivity index (χ0v) is 11.0. The quantitative estimate of drug-likeness (QED) is 0.827. The highest BCUT2D eigenvalue weighted by atomic mass is 16.5. The highest BCUT2D eigenvalue weighted by Crippen LogP contribution is 2.20. The van der Waals surface area contributed by atoms with Crippen molar-refractivity contribution in [3.05, 3.63) is 35.7 Å². The Hall–Kier alpha value is -1.39. The van der Waals surface area contributed by atoms with E-state index < -0.39 is 6.10 Å². The molecule has 1 unspecified atom stereocenters. The summed E-state index contributed by atoms with van der Waals surface area (Å²) in [6.07, 6.45) is 4.58. The highest BCUT2D eigenvalue weighted by molar-refractivity contribution is 5.46. The smallest absolute Gasteiger partial charge is 0.0931 e. The maximum atomic E-state index is 9.42. The zero-order valence-electron chi connectivity index (χ0n) is 11.0. The molecule has 0 saturated carbocycles. The van der Waals surface area contributed by atoms with Gasteiger partial charge >= 0.3 is 0 Å². The van der Waals surface area contributed by atoms with E-state index in [2.05, 4.69) is 16.0 Å². The average molecular weight is 248 g/mol. The van der Waals surface area contributed by atoms with Gasteiger partial charge in [0.25, 0.3) is 0 Å². The standard InChI is InChI=1S/C14H20N2O2/c1-11(17)14-4-3-13(9-15-14)16-7-5-12(6-8-16)10-18-2/h3-5,9,11,17H,6-8,10H2,1-2H3. The molecular weight excluding hydrogens is 228 g/mol. The van der Waals surface area contributed by atoms with Gasteiger partial charge < -0.3 is 14.7 Å². The molecule has 0 aromatic carbocycles. The van der Waals surface area contributed by atoms with Crippen LogP contribution >= 0.6 is 0 Å². The van der Waals surface area contributed by atoms with Crippen molar-refractivity contribution in [1.82, 2.24) is 4.98 Å². The third-order valence-electron chi connectivity index (χ3n) is 3.20. The van der Waals surface area contributed by atoms with Crippen LogP contribution in [-0.2, 0) is 4.74 Å². The van der Waals surface area contributed by atoms with Gasteiger partial charge in [-0.25, -0.2) is 0 Å². The molecule has 0 aliphatic carbocycles. The molecule has 1 aliphatic heterocycles. The van der Waals surface area contributed by atoms with Crippen molar-refractivity contribution in [2.45, 2.75) is 19.4 Å². The van der Waals surface area contributed by atoms with E-state index in [1.165, 1.54) is 5.57 Å². The highest BCUT2D eigenvalue weighted by Gasteiger charge is 2.12. The second-order valence-corrected chi connectivity index (χ2v) is 4.61. The van der Waals surface area contributed by atoms with Gasteiger partial charge in [-0.2, -0.15) is 0 Å². The first kappa shape index (κ1) is 13.1. The van der Waals surface area contributed by atoms with Gasteiger partial charge in [0.1, 0.15) is 0 Å². The van der Waals surface area contributed by atoms with Crippen molar-refractivity contribution in [3.8, 4) is 0 Å². The number of aliphatic hydroxyl groups excluding tert-OH is 1. The first-order valence-electron chi connectivity index (χ1n) is 6.26. The SMILES string of the molecule is COCC1=CCN(c2ccc(C(C)O)nc2)CC1. The van der Waals surface area contributed by atoms with Gasteiger partial charge in [0.15, 0.2) is 0 Å². The van der Waals surface area contributed by atoms with Crippen LogP contribution in [0.5, 0.6) is 0 Å². The fraction of sp³-hybridized carbons (Fsp3) is 0.500. The molecule has 0 fully saturated rings. The Kier molecular flexibility index (Phi) is 4.33. The van der Waals surface area contributed by atoms with E-state index in [1.54, 1.807) is 14.0 Å². The van der Waals surface area contributed by atoms with E-state index in [0.717, 1.165) is 31.8 Å². The summed E-state index contributed by atoms with van der Waals surface area (Å²) in [6, 6.07) is 3.90. The normalized spacial score (nSPS) is 17.5. The van der Waals surface area contributed by atoms with Gasteiger partial charge in [0.2, 0.25) is 0 Å². The van der Waals surface area contributed by atoms with Crippen LogP contribution in [-0.4, -0.2) is 36.9 Å². The largest absolute Gasteiger partial charge is 0.387 e. The van der Waals surface area contributed by atoms with Crippen LogP contribution in [0.2, 0.25) is 0 Å². The molecule has 0 saturated heterocycles. The van der Waals surface area contributed by atoms with Gasteiger partial charge in [-0.05, 0) is 31.1 Å². The summed E-state index contributed by atoms with van der Waals surface area (Å²) in [6.45, 7) is 4.34. The van der Waals surface area contributed by atoms with E-state index in [-0.39, 0.29) is 0 Å². The van der Waals surface area contributed by atoms with E-state index in [0.29, 0.717) is 5.69 Å². The number of methoxy groups -OCH3 is 1. The summed E-state index contributed by atoms with van der Waals surface area (Å²) in [5.74, 6) is 0. The van der Waals surface area contributed by atoms with Crippen LogP contribution in [0.15, 0.2) is 30.0 Å². The molecule has 0 radical (unpaired) electrons. The lowest BCUT2D eigenvalue weighted by Crippen LogP contribution is -2.29. The van der Waals surface area contributed by atoms with Crippen molar-refractivity contribution in [2.24, 2.45) is 0 Å². The maximum Gasteiger partial charge on any atom is 0.0931 e. The number of ether oxygens (including phenoxy) is 1. The maximum absolute atomic E-state index is 9.42. The zero-order chi connectivity index (χ0) is 13.0. The van der Waals surface area contributed by atoms with Gasteiger partial charge in [0.05, 0.1) is 30.3 Å². The summed E-state index contributed by atoms with van der Waals surface area (Å²) in [7, 11) is 1.73. The lowest BCUT2D eigenvalue weighted by Gasteiger charge is -2.28. The molecule has 1 atom stereocenters. The topological polar surface area (TPSA) is 45.6 Å². The second kappa shape index (κ2) is 5.98. The van der Waals surface area contributed by atoms with Crippen LogP contribution in [0.3, 0.4) is 0 Å². The lowest BCUT2D eigenvalue weighted by molar-refractivity contribution is 0.194. The molecular formula is C14H20N2O2. The van der Waals surface area contributed by atoms with E-state index in [1.807, 2.05) is 18.3 Å². The van der Waals surface area contributed by atoms with Crippen LogP contribution < -0.4 is 4.90 Å². The van der Waals surface area contributed by atoms with Gasteiger partial charge in [0, 0.05) is 20.2 Å². The molecule has 98 valence electrons. The summed E-state index contributed by atoms with van der Waals surface area (Å²) in [5, 5.41) is 9.42. The fourth-order valence-corrected chi connectivity index (χ4v) is 2.09. The molecule has 1 aromatic rings. The molecule has 4 nitrogen and oxygen atoms in total. The molecule has 4 heteroatoms. The third-order valence-corrected chi connectivity index (χ3v) is 3.20. The number of aliphatic hydroxyl groups is 1. The number of hydrogen-bond donors (Lipinski definition) is 1. The van der Waals surface area contributed by atoms with Crippen LogP contribution in [0.25, 0.3) is 0 Å². The Morgan fingerprint density at radius 2 is 2.33 bits per heavy atom. The number of nitrogens with zero attached hydrogens (tertiary/aromatic N) is 2. The van der Waals surface area contributed by atoms with Crippen molar-refractivity contribution in [2.75, 3.05) is 31.7 Å². The summed E-state index contributed by atoms with van der Waals surface area (Å²) in [4.78, 5) is 6.55. The first-order valence-corrected chi connectivity index (χ1v) is 6.26. The van der Waals surface area contributed by atoms with Crippen molar-refractivity contribution >= 4 is 5.69 Å². The molecule has 2 heterocycles. The number of pyridine rings is 1. The van der Waals surface area contributed by atoms with Gasteiger partial charge in [-0.3, -0.25) is 4.98 Å².